The van der Waals surface area contributed by atoms with Gasteiger partial charge in [-0.05, 0) is 30.3 Å². The zero-order valence-electron chi connectivity index (χ0n) is 14.9. The number of aryl methyl sites for hydroxylation is 1. The fourth-order valence-corrected chi connectivity index (χ4v) is 4.49. The van der Waals surface area contributed by atoms with Crippen molar-refractivity contribution in [3.05, 3.63) is 85.2 Å². The second-order valence-electron chi connectivity index (χ2n) is 7.00. The topological polar surface area (TPSA) is 22.8 Å². The number of nitrogens with zero attached hydrogens (tertiary/aromatic N) is 3. The Balaban J connectivity index is 1.92. The molecule has 0 saturated carbocycles. The van der Waals surface area contributed by atoms with E-state index in [1.54, 1.807) is 0 Å². The Morgan fingerprint density at radius 2 is 1.44 bits per heavy atom. The number of fused-ring (bicyclic) bond motifs is 7. The normalized spacial score (nSPS) is 11.9. The summed E-state index contributed by atoms with van der Waals surface area (Å²) in [7, 11) is 2.17. The van der Waals surface area contributed by atoms with Gasteiger partial charge in [-0.3, -0.25) is 4.98 Å². The van der Waals surface area contributed by atoms with Crippen molar-refractivity contribution < 1.29 is 0 Å². The Labute approximate surface area is 156 Å². The van der Waals surface area contributed by atoms with Crippen LogP contribution in [-0.4, -0.2) is 14.1 Å². The van der Waals surface area contributed by atoms with Crippen molar-refractivity contribution in [1.82, 2.24) is 14.1 Å². The Morgan fingerprint density at radius 1 is 0.667 bits per heavy atom. The Bertz CT molecular complexity index is 1470. The first-order valence-electron chi connectivity index (χ1n) is 9.14. The summed E-state index contributed by atoms with van der Waals surface area (Å²) in [5.74, 6) is 0. The average molecular weight is 347 g/mol. The number of rotatable bonds is 1. The van der Waals surface area contributed by atoms with Crippen molar-refractivity contribution in [2.45, 2.75) is 0 Å². The van der Waals surface area contributed by atoms with Crippen LogP contribution in [-0.2, 0) is 7.05 Å². The predicted octanol–water partition coefficient (Wildman–Crippen LogP) is 5.82. The fraction of sp³-hybridized carbons (Fsp3) is 0.0417. The summed E-state index contributed by atoms with van der Waals surface area (Å²) in [6.07, 6.45) is 3.75. The van der Waals surface area contributed by atoms with Crippen LogP contribution in [0.5, 0.6) is 0 Å². The molecule has 0 aliphatic carbocycles. The molecule has 3 heteroatoms. The van der Waals surface area contributed by atoms with Crippen LogP contribution in [0, 0.1) is 0 Å². The second-order valence-corrected chi connectivity index (χ2v) is 7.00. The molecule has 0 aliphatic rings. The lowest BCUT2D eigenvalue weighted by atomic mass is 10.1. The minimum atomic E-state index is 1.09. The maximum atomic E-state index is 4.34. The summed E-state index contributed by atoms with van der Waals surface area (Å²) in [6.45, 7) is 0. The highest BCUT2D eigenvalue weighted by molar-refractivity contribution is 6.25. The first-order chi connectivity index (χ1) is 13.3. The van der Waals surface area contributed by atoms with E-state index in [1.165, 1.54) is 43.6 Å². The van der Waals surface area contributed by atoms with Gasteiger partial charge in [0.15, 0.2) is 0 Å². The Morgan fingerprint density at radius 3 is 2.26 bits per heavy atom. The highest BCUT2D eigenvalue weighted by Gasteiger charge is 2.18. The quantitative estimate of drug-likeness (QED) is 0.367. The summed E-state index contributed by atoms with van der Waals surface area (Å²) in [5.41, 5.74) is 6.05. The molecule has 0 atom stereocenters. The van der Waals surface area contributed by atoms with Crippen LogP contribution in [0.2, 0.25) is 0 Å². The minimum Gasteiger partial charge on any atom is -0.343 e. The van der Waals surface area contributed by atoms with Gasteiger partial charge in [0.05, 0.1) is 28.4 Å². The Kier molecular flexibility index (Phi) is 2.81. The smallest absolute Gasteiger partial charge is 0.0645 e. The van der Waals surface area contributed by atoms with Gasteiger partial charge >= 0.3 is 0 Å². The molecular formula is C24H17N3. The average Bonchev–Trinajstić information content (AvgIpc) is 3.22. The molecule has 3 aromatic carbocycles. The monoisotopic (exact) mass is 347 g/mol. The summed E-state index contributed by atoms with van der Waals surface area (Å²) in [4.78, 5) is 4.34. The number of para-hydroxylation sites is 2. The first kappa shape index (κ1) is 14.6. The van der Waals surface area contributed by atoms with Crippen molar-refractivity contribution in [2.24, 2.45) is 7.05 Å². The van der Waals surface area contributed by atoms with Crippen LogP contribution < -0.4 is 0 Å². The van der Waals surface area contributed by atoms with E-state index >= 15 is 0 Å². The molecular weight excluding hydrogens is 330 g/mol. The van der Waals surface area contributed by atoms with E-state index in [1.807, 2.05) is 18.5 Å². The van der Waals surface area contributed by atoms with Gasteiger partial charge in [-0.25, -0.2) is 0 Å². The van der Waals surface area contributed by atoms with Gasteiger partial charge in [-0.1, -0.05) is 42.5 Å². The minimum absolute atomic E-state index is 1.09. The number of pyridine rings is 1. The first-order valence-corrected chi connectivity index (χ1v) is 9.14. The van der Waals surface area contributed by atoms with Crippen LogP contribution in [0.3, 0.4) is 0 Å². The number of benzene rings is 3. The van der Waals surface area contributed by atoms with Crippen molar-refractivity contribution in [3.63, 3.8) is 0 Å². The fourth-order valence-electron chi connectivity index (χ4n) is 4.49. The van der Waals surface area contributed by atoms with Crippen LogP contribution in [0.4, 0.5) is 0 Å². The van der Waals surface area contributed by atoms with Gasteiger partial charge in [0.25, 0.3) is 0 Å². The molecule has 128 valence electrons. The summed E-state index contributed by atoms with van der Waals surface area (Å²) in [6, 6.07) is 25.9. The zero-order valence-corrected chi connectivity index (χ0v) is 14.9. The van der Waals surface area contributed by atoms with Gasteiger partial charge in [-0.15, -0.1) is 0 Å². The summed E-state index contributed by atoms with van der Waals surface area (Å²) < 4.78 is 4.64. The van der Waals surface area contributed by atoms with Crippen molar-refractivity contribution in [2.75, 3.05) is 0 Å². The lowest BCUT2D eigenvalue weighted by Crippen LogP contribution is -1.94. The van der Waals surface area contributed by atoms with E-state index in [4.69, 9.17) is 0 Å². The SMILES string of the molecule is Cn1c2ccccc2c2ccc3c(c4ccccc4n3-c3cccnc3)c21. The molecule has 3 nitrogen and oxygen atoms in total. The molecule has 6 rings (SSSR count). The molecule has 0 spiro atoms. The van der Waals surface area contributed by atoms with Crippen molar-refractivity contribution in [1.29, 1.82) is 0 Å². The third-order valence-corrected chi connectivity index (χ3v) is 5.61. The molecule has 0 fully saturated rings. The van der Waals surface area contributed by atoms with Crippen molar-refractivity contribution >= 4 is 43.6 Å². The zero-order chi connectivity index (χ0) is 18.0. The number of aromatic nitrogens is 3. The molecule has 3 aromatic heterocycles. The largest absolute Gasteiger partial charge is 0.343 e. The van der Waals surface area contributed by atoms with Crippen molar-refractivity contribution in [3.8, 4) is 5.69 Å². The lowest BCUT2D eigenvalue weighted by Gasteiger charge is -2.07. The van der Waals surface area contributed by atoms with Crippen LogP contribution in [0.15, 0.2) is 85.2 Å². The summed E-state index contributed by atoms with van der Waals surface area (Å²) >= 11 is 0. The molecule has 0 N–H and O–H groups in total. The molecule has 3 heterocycles. The third-order valence-electron chi connectivity index (χ3n) is 5.61. The van der Waals surface area contributed by atoms with E-state index in [9.17, 15) is 0 Å². The number of hydrogen-bond acceptors (Lipinski definition) is 1. The van der Waals surface area contributed by atoms with Gasteiger partial charge in [0.1, 0.15) is 0 Å². The third kappa shape index (κ3) is 1.83. The van der Waals surface area contributed by atoms with E-state index in [-0.39, 0.29) is 0 Å². The maximum absolute atomic E-state index is 4.34. The molecule has 27 heavy (non-hydrogen) atoms. The number of hydrogen-bond donors (Lipinski definition) is 0. The molecule has 0 aliphatic heterocycles. The van der Waals surface area contributed by atoms with Gasteiger partial charge in [0, 0.05) is 40.3 Å². The van der Waals surface area contributed by atoms with E-state index < -0.39 is 0 Å². The Hall–Kier alpha value is -3.59. The molecule has 0 unspecified atom stereocenters. The van der Waals surface area contributed by atoms with E-state index in [0.717, 1.165) is 5.69 Å². The van der Waals surface area contributed by atoms with E-state index in [0.29, 0.717) is 0 Å². The highest BCUT2D eigenvalue weighted by atomic mass is 15.0. The van der Waals surface area contributed by atoms with E-state index in [2.05, 4.69) is 87.9 Å². The van der Waals surface area contributed by atoms with Gasteiger partial charge in [0.2, 0.25) is 0 Å². The van der Waals surface area contributed by atoms with Gasteiger partial charge < -0.3 is 9.13 Å². The second kappa shape index (κ2) is 5.21. The molecule has 0 saturated heterocycles. The van der Waals surface area contributed by atoms with Crippen LogP contribution in [0.1, 0.15) is 0 Å². The van der Waals surface area contributed by atoms with Crippen LogP contribution in [0.25, 0.3) is 49.3 Å². The molecule has 0 bridgehead atoms. The molecule has 0 radical (unpaired) electrons. The standard InChI is InChI=1S/C24H17N3/c1-26-20-10-4-2-8-17(20)18-12-13-22-23(24(18)26)19-9-3-5-11-21(19)27(22)16-7-6-14-25-15-16/h2-15H,1H3. The maximum Gasteiger partial charge on any atom is 0.0645 e. The molecule has 0 amide bonds. The highest BCUT2D eigenvalue weighted by Crippen LogP contribution is 2.39. The summed E-state index contributed by atoms with van der Waals surface area (Å²) in [5, 5.41) is 5.17. The van der Waals surface area contributed by atoms with Gasteiger partial charge in [-0.2, -0.15) is 0 Å². The molecule has 6 aromatic rings. The predicted molar refractivity (Wildman–Crippen MR) is 113 cm³/mol. The van der Waals surface area contributed by atoms with Crippen LogP contribution >= 0.6 is 0 Å². The lowest BCUT2D eigenvalue weighted by molar-refractivity contribution is 1.02.